The van der Waals surface area contributed by atoms with Crippen molar-refractivity contribution in [3.8, 4) is 0 Å². The second kappa shape index (κ2) is 5.96. The van der Waals surface area contributed by atoms with E-state index in [0.717, 1.165) is 10.1 Å². The summed E-state index contributed by atoms with van der Waals surface area (Å²) >= 11 is 3.00. The van der Waals surface area contributed by atoms with E-state index in [2.05, 4.69) is 26.2 Å². The Balaban J connectivity index is 2.15. The number of halogens is 1. The summed E-state index contributed by atoms with van der Waals surface area (Å²) in [6, 6.07) is 5.14. The molecule has 0 fully saturated rings. The minimum Gasteiger partial charge on any atom is -0.398 e. The number of H-pyrrole nitrogens is 1. The van der Waals surface area contributed by atoms with Crippen LogP contribution >= 0.6 is 15.9 Å². The lowest BCUT2D eigenvalue weighted by molar-refractivity contribution is -0.116. The average molecular weight is 353 g/mol. The molecule has 0 aliphatic carbocycles. The first-order valence-corrected chi connectivity index (χ1v) is 6.81. The van der Waals surface area contributed by atoms with E-state index in [1.54, 1.807) is 18.2 Å². The number of amides is 1. The molecule has 8 heteroatoms. The topological polar surface area (TPSA) is 110 Å². The molecule has 0 aliphatic heterocycles. The fraction of sp³-hybridized carbons (Fsp3) is 0.154. The van der Waals surface area contributed by atoms with Crippen molar-refractivity contribution in [2.45, 2.75) is 13.5 Å². The summed E-state index contributed by atoms with van der Waals surface area (Å²) in [6.07, 6.45) is 1.27. The van der Waals surface area contributed by atoms with Crippen molar-refractivity contribution in [1.29, 1.82) is 0 Å². The monoisotopic (exact) mass is 352 g/mol. The molecule has 2 aromatic rings. The van der Waals surface area contributed by atoms with Crippen LogP contribution in [0.5, 0.6) is 0 Å². The Labute approximate surface area is 127 Å². The van der Waals surface area contributed by atoms with Gasteiger partial charge in [0.15, 0.2) is 0 Å². The first-order valence-electron chi connectivity index (χ1n) is 6.02. The average Bonchev–Trinajstić information content (AvgIpc) is 2.40. The van der Waals surface area contributed by atoms with Crippen molar-refractivity contribution in [3.63, 3.8) is 0 Å². The number of aryl methyl sites for hydroxylation is 1. The minimum atomic E-state index is -0.651. The van der Waals surface area contributed by atoms with Gasteiger partial charge in [-0.25, -0.2) is 4.79 Å². The van der Waals surface area contributed by atoms with Crippen LogP contribution in [0.4, 0.5) is 11.4 Å². The van der Waals surface area contributed by atoms with Crippen molar-refractivity contribution in [2.24, 2.45) is 0 Å². The van der Waals surface area contributed by atoms with Gasteiger partial charge in [-0.3, -0.25) is 19.1 Å². The van der Waals surface area contributed by atoms with E-state index >= 15 is 0 Å². The van der Waals surface area contributed by atoms with E-state index < -0.39 is 17.2 Å². The van der Waals surface area contributed by atoms with Gasteiger partial charge in [-0.1, -0.05) is 6.07 Å². The van der Waals surface area contributed by atoms with Gasteiger partial charge in [0.2, 0.25) is 5.91 Å². The number of nitrogens with two attached hydrogens (primary N) is 1. The number of hydrogen-bond acceptors (Lipinski definition) is 4. The Morgan fingerprint density at radius 2 is 2.14 bits per heavy atom. The van der Waals surface area contributed by atoms with Crippen LogP contribution in [0.25, 0.3) is 0 Å². The Bertz CT molecular complexity index is 810. The molecule has 4 N–H and O–H groups in total. The molecule has 1 aromatic carbocycles. The third-order valence-corrected chi connectivity index (χ3v) is 3.41. The van der Waals surface area contributed by atoms with E-state index in [0.29, 0.717) is 11.4 Å². The number of aromatic nitrogens is 2. The normalized spacial score (nSPS) is 10.4. The molecule has 110 valence electrons. The molecule has 1 heterocycles. The number of nitrogen functional groups attached to an aromatic ring is 1. The number of carbonyl (C=O) groups excluding carboxylic acids is 1. The van der Waals surface area contributed by atoms with Gasteiger partial charge in [0.25, 0.3) is 5.56 Å². The molecule has 2 rings (SSSR count). The van der Waals surface area contributed by atoms with Crippen LogP contribution in [-0.2, 0) is 11.3 Å². The predicted octanol–water partition coefficient (Wildman–Crippen LogP) is 0.828. The van der Waals surface area contributed by atoms with E-state index in [-0.39, 0.29) is 11.0 Å². The molecule has 21 heavy (non-hydrogen) atoms. The smallest absolute Gasteiger partial charge is 0.328 e. The fourth-order valence-electron chi connectivity index (χ4n) is 1.67. The molecule has 0 saturated carbocycles. The van der Waals surface area contributed by atoms with Gasteiger partial charge in [-0.2, -0.15) is 0 Å². The zero-order chi connectivity index (χ0) is 15.6. The van der Waals surface area contributed by atoms with Gasteiger partial charge in [0, 0.05) is 17.6 Å². The number of benzene rings is 1. The second-order valence-corrected chi connectivity index (χ2v) is 5.34. The number of aromatic amines is 1. The van der Waals surface area contributed by atoms with Crippen molar-refractivity contribution in [3.05, 3.63) is 55.3 Å². The SMILES string of the molecule is Cc1ccc(NC(=O)Cn2cc(Br)c(=O)[nH]c2=O)cc1N. The summed E-state index contributed by atoms with van der Waals surface area (Å²) in [6.45, 7) is 1.64. The number of hydrogen-bond donors (Lipinski definition) is 3. The van der Waals surface area contributed by atoms with Crippen LogP contribution in [0.3, 0.4) is 0 Å². The van der Waals surface area contributed by atoms with E-state index in [1.165, 1.54) is 6.20 Å². The van der Waals surface area contributed by atoms with Gasteiger partial charge in [-0.05, 0) is 40.5 Å². The lowest BCUT2D eigenvalue weighted by Crippen LogP contribution is -2.33. The molecule has 0 atom stereocenters. The maximum Gasteiger partial charge on any atom is 0.328 e. The summed E-state index contributed by atoms with van der Waals surface area (Å²) in [5, 5.41) is 2.63. The molecule has 0 unspecified atom stereocenters. The summed E-state index contributed by atoms with van der Waals surface area (Å²) < 4.78 is 1.27. The van der Waals surface area contributed by atoms with Crippen molar-refractivity contribution < 1.29 is 4.79 Å². The summed E-state index contributed by atoms with van der Waals surface area (Å²) in [4.78, 5) is 36.8. The minimum absolute atomic E-state index is 0.175. The molecular weight excluding hydrogens is 340 g/mol. The number of nitrogens with one attached hydrogen (secondary N) is 2. The van der Waals surface area contributed by atoms with Crippen LogP contribution in [0.2, 0.25) is 0 Å². The molecule has 1 aromatic heterocycles. The number of rotatable bonds is 3. The molecule has 0 aliphatic rings. The summed E-state index contributed by atoms with van der Waals surface area (Å²) in [7, 11) is 0. The van der Waals surface area contributed by atoms with Gasteiger partial charge >= 0.3 is 5.69 Å². The molecule has 0 bridgehead atoms. The molecule has 0 spiro atoms. The van der Waals surface area contributed by atoms with Crippen LogP contribution in [0, 0.1) is 6.92 Å². The van der Waals surface area contributed by atoms with E-state index in [1.807, 2.05) is 6.92 Å². The highest BCUT2D eigenvalue weighted by molar-refractivity contribution is 9.10. The number of anilines is 2. The van der Waals surface area contributed by atoms with E-state index in [4.69, 9.17) is 5.73 Å². The Morgan fingerprint density at radius 3 is 2.81 bits per heavy atom. The van der Waals surface area contributed by atoms with Gasteiger partial charge in [0.1, 0.15) is 6.54 Å². The zero-order valence-corrected chi connectivity index (χ0v) is 12.7. The maximum atomic E-state index is 11.9. The Hall–Kier alpha value is -2.35. The lowest BCUT2D eigenvalue weighted by Gasteiger charge is -2.09. The molecule has 1 amide bonds. The van der Waals surface area contributed by atoms with Gasteiger partial charge < -0.3 is 11.1 Å². The zero-order valence-electron chi connectivity index (χ0n) is 11.1. The van der Waals surface area contributed by atoms with Gasteiger partial charge in [-0.15, -0.1) is 0 Å². The quantitative estimate of drug-likeness (QED) is 0.710. The highest BCUT2D eigenvalue weighted by atomic mass is 79.9. The number of carbonyl (C=O) groups is 1. The van der Waals surface area contributed by atoms with Gasteiger partial charge in [0.05, 0.1) is 4.47 Å². The molecule has 0 saturated heterocycles. The summed E-state index contributed by atoms with van der Waals surface area (Å²) in [5.74, 6) is -0.403. The first kappa shape index (κ1) is 15.0. The Morgan fingerprint density at radius 1 is 1.43 bits per heavy atom. The van der Waals surface area contributed by atoms with Crippen LogP contribution in [0.1, 0.15) is 5.56 Å². The summed E-state index contributed by atoms with van der Waals surface area (Å²) in [5.41, 5.74) is 6.59. The van der Waals surface area contributed by atoms with E-state index in [9.17, 15) is 14.4 Å². The van der Waals surface area contributed by atoms with Crippen LogP contribution in [0.15, 0.2) is 38.5 Å². The largest absolute Gasteiger partial charge is 0.398 e. The Kier molecular flexibility index (Phi) is 4.27. The molecular formula is C13H13BrN4O3. The third kappa shape index (κ3) is 3.60. The predicted molar refractivity (Wildman–Crippen MR) is 83.2 cm³/mol. The van der Waals surface area contributed by atoms with Crippen LogP contribution < -0.4 is 22.3 Å². The standard InChI is InChI=1S/C13H13BrN4O3/c1-7-2-3-8(4-10(7)15)16-11(19)6-18-5-9(14)12(20)17-13(18)21/h2-5H,6,15H2,1H3,(H,16,19)(H,17,20,21). The van der Waals surface area contributed by atoms with Crippen LogP contribution in [-0.4, -0.2) is 15.5 Å². The van der Waals surface area contributed by atoms with Crippen molar-refractivity contribution >= 4 is 33.2 Å². The third-order valence-electron chi connectivity index (χ3n) is 2.84. The molecule has 7 nitrogen and oxygen atoms in total. The molecule has 0 radical (unpaired) electrons. The first-order chi connectivity index (χ1) is 9.86. The highest BCUT2D eigenvalue weighted by Crippen LogP contribution is 2.16. The highest BCUT2D eigenvalue weighted by Gasteiger charge is 2.08. The van der Waals surface area contributed by atoms with Crippen molar-refractivity contribution in [2.75, 3.05) is 11.1 Å². The lowest BCUT2D eigenvalue weighted by atomic mass is 10.2. The second-order valence-electron chi connectivity index (χ2n) is 4.48. The maximum absolute atomic E-state index is 11.9. The van der Waals surface area contributed by atoms with Crippen molar-refractivity contribution in [1.82, 2.24) is 9.55 Å². The number of nitrogens with zero attached hydrogens (tertiary/aromatic N) is 1. The fourth-order valence-corrected chi connectivity index (χ4v) is 2.02.